The van der Waals surface area contributed by atoms with Crippen molar-refractivity contribution in [3.8, 4) is 11.5 Å². The molecule has 0 aliphatic rings. The first kappa shape index (κ1) is 30.2. The van der Waals surface area contributed by atoms with E-state index in [-0.39, 0.29) is 24.3 Å². The van der Waals surface area contributed by atoms with E-state index in [1.54, 1.807) is 30.5 Å². The number of ether oxygens (including phenoxy) is 2. The van der Waals surface area contributed by atoms with Gasteiger partial charge in [0.05, 0.1) is 33.2 Å². The second kappa shape index (κ2) is 15.3. The second-order valence-corrected chi connectivity index (χ2v) is 11.1. The predicted octanol–water partition coefficient (Wildman–Crippen LogP) is 6.47. The van der Waals surface area contributed by atoms with E-state index in [0.717, 1.165) is 28.8 Å². The van der Waals surface area contributed by atoms with Crippen LogP contribution in [-0.4, -0.2) is 55.5 Å². The van der Waals surface area contributed by atoms with Gasteiger partial charge in [-0.15, -0.1) is 11.3 Å². The van der Waals surface area contributed by atoms with Gasteiger partial charge in [-0.3, -0.25) is 9.59 Å². The molecule has 0 spiro atoms. The number of nitrogens with zero attached hydrogens (tertiary/aromatic N) is 2. The molecular weight excluding hydrogens is 508 g/mol. The van der Waals surface area contributed by atoms with E-state index in [0.29, 0.717) is 44.0 Å². The third-order valence-electron chi connectivity index (χ3n) is 6.94. The average Bonchev–Trinajstić information content (AvgIpc) is 3.38. The highest BCUT2D eigenvalue weighted by molar-refractivity contribution is 7.11. The van der Waals surface area contributed by atoms with Crippen molar-refractivity contribution in [2.45, 2.75) is 58.9 Å². The molecule has 2 aromatic carbocycles. The minimum atomic E-state index is -0.254. The molecule has 210 valence electrons. The molecule has 3 aromatic rings. The molecule has 3 rings (SSSR count). The van der Waals surface area contributed by atoms with Crippen LogP contribution in [0.4, 0.5) is 0 Å². The lowest BCUT2D eigenvalue weighted by Gasteiger charge is -2.30. The van der Waals surface area contributed by atoms with Crippen molar-refractivity contribution in [3.05, 3.63) is 81.5 Å². The smallest absolute Gasteiger partial charge is 0.242 e. The summed E-state index contributed by atoms with van der Waals surface area (Å²) in [5.74, 6) is 1.09. The van der Waals surface area contributed by atoms with Crippen LogP contribution in [0.2, 0.25) is 0 Å². The van der Waals surface area contributed by atoms with Gasteiger partial charge in [0.15, 0.2) is 11.5 Å². The number of unbranched alkanes of at least 4 members (excludes halogenated alkanes) is 1. The van der Waals surface area contributed by atoms with Crippen molar-refractivity contribution in [2.75, 3.05) is 33.9 Å². The van der Waals surface area contributed by atoms with Crippen molar-refractivity contribution in [1.29, 1.82) is 0 Å². The minimum Gasteiger partial charge on any atom is -0.493 e. The molecule has 7 heteroatoms. The number of hydrogen-bond donors (Lipinski definition) is 0. The first-order valence-electron chi connectivity index (χ1n) is 13.8. The molecule has 1 unspecified atom stereocenters. The van der Waals surface area contributed by atoms with Gasteiger partial charge in [0.25, 0.3) is 0 Å². The molecule has 1 atom stereocenters. The summed E-state index contributed by atoms with van der Waals surface area (Å²) in [6.07, 6.45) is 3.18. The summed E-state index contributed by atoms with van der Waals surface area (Å²) >= 11 is 1.70. The van der Waals surface area contributed by atoms with E-state index in [2.05, 4.69) is 26.0 Å². The number of hydrogen-bond acceptors (Lipinski definition) is 5. The van der Waals surface area contributed by atoms with E-state index >= 15 is 0 Å². The van der Waals surface area contributed by atoms with Gasteiger partial charge >= 0.3 is 0 Å². The molecule has 0 saturated heterocycles. The molecule has 6 nitrogen and oxygen atoms in total. The number of carbonyl (C=O) groups excluding carboxylic acids is 2. The topological polar surface area (TPSA) is 59.1 Å². The molecule has 0 radical (unpaired) electrons. The van der Waals surface area contributed by atoms with Crippen LogP contribution in [0.15, 0.2) is 60.7 Å². The number of benzene rings is 2. The Kier molecular flexibility index (Phi) is 11.9. The van der Waals surface area contributed by atoms with E-state index in [9.17, 15) is 9.59 Å². The summed E-state index contributed by atoms with van der Waals surface area (Å²) in [6, 6.07) is 19.9. The van der Waals surface area contributed by atoms with Crippen LogP contribution >= 0.6 is 11.3 Å². The molecule has 2 amide bonds. The lowest BCUT2D eigenvalue weighted by Crippen LogP contribution is -2.45. The van der Waals surface area contributed by atoms with Crippen LogP contribution < -0.4 is 9.47 Å². The third-order valence-corrected chi connectivity index (χ3v) is 7.93. The highest BCUT2D eigenvalue weighted by Gasteiger charge is 2.27. The first-order chi connectivity index (χ1) is 18.9. The molecule has 0 fully saturated rings. The lowest BCUT2D eigenvalue weighted by atomic mass is 9.95. The van der Waals surface area contributed by atoms with E-state index in [1.165, 1.54) is 4.88 Å². The van der Waals surface area contributed by atoms with Crippen molar-refractivity contribution in [1.82, 2.24) is 9.80 Å². The van der Waals surface area contributed by atoms with Crippen LogP contribution in [-0.2, 0) is 22.6 Å². The first-order valence-corrected chi connectivity index (χ1v) is 14.6. The molecule has 0 saturated carbocycles. The Morgan fingerprint density at radius 3 is 2.26 bits per heavy atom. The Labute approximate surface area is 237 Å². The number of carbonyl (C=O) groups is 2. The maximum Gasteiger partial charge on any atom is 0.242 e. The predicted molar refractivity (Wildman–Crippen MR) is 159 cm³/mol. The van der Waals surface area contributed by atoms with Gasteiger partial charge in [-0.1, -0.05) is 56.7 Å². The van der Waals surface area contributed by atoms with Crippen molar-refractivity contribution >= 4 is 23.2 Å². The number of aryl methyl sites for hydroxylation is 1. The lowest BCUT2D eigenvalue weighted by molar-refractivity contribution is -0.141. The van der Waals surface area contributed by atoms with E-state index < -0.39 is 0 Å². The molecule has 0 aliphatic carbocycles. The summed E-state index contributed by atoms with van der Waals surface area (Å²) in [5.41, 5.74) is 2.06. The summed E-state index contributed by atoms with van der Waals surface area (Å²) in [6.45, 7) is 7.93. The molecule has 0 N–H and O–H groups in total. The monoisotopic (exact) mass is 550 g/mol. The molecule has 39 heavy (non-hydrogen) atoms. The maximum absolute atomic E-state index is 13.8. The van der Waals surface area contributed by atoms with Gasteiger partial charge in [-0.05, 0) is 61.6 Å². The largest absolute Gasteiger partial charge is 0.493 e. The Bertz CT molecular complexity index is 1190. The van der Waals surface area contributed by atoms with Crippen LogP contribution in [0.1, 0.15) is 59.9 Å². The van der Waals surface area contributed by atoms with Crippen LogP contribution in [0.25, 0.3) is 0 Å². The molecule has 1 heterocycles. The highest BCUT2D eigenvalue weighted by Crippen LogP contribution is 2.28. The van der Waals surface area contributed by atoms with Crippen molar-refractivity contribution in [3.63, 3.8) is 0 Å². The van der Waals surface area contributed by atoms with Gasteiger partial charge in [0.2, 0.25) is 11.8 Å². The standard InChI is InChI=1S/C32H42N2O4S/c1-6-8-19-34(32(36)28(7-2)26-12-10-9-11-13-26)23-31(35)33(22-27-16-14-24(3)39-27)20-18-25-15-17-29(37-4)30(21-25)38-5/h9-17,21,28H,6-8,18-20,22-23H2,1-5H3. The highest BCUT2D eigenvalue weighted by atomic mass is 32.1. The molecule has 0 aliphatic heterocycles. The van der Waals surface area contributed by atoms with E-state index in [4.69, 9.17) is 9.47 Å². The summed E-state index contributed by atoms with van der Waals surface area (Å²) < 4.78 is 10.8. The second-order valence-electron chi connectivity index (χ2n) is 9.75. The Balaban J connectivity index is 1.80. The van der Waals surface area contributed by atoms with Crippen LogP contribution in [0.5, 0.6) is 11.5 Å². The number of thiophene rings is 1. The minimum absolute atomic E-state index is 0.0253. The molecule has 1 aromatic heterocycles. The van der Waals surface area contributed by atoms with Crippen molar-refractivity contribution < 1.29 is 19.1 Å². The molecular formula is C32H42N2O4S. The zero-order valence-corrected chi connectivity index (χ0v) is 24.8. The Hall–Kier alpha value is -3.32. The normalized spacial score (nSPS) is 11.6. The van der Waals surface area contributed by atoms with Gasteiger partial charge in [-0.25, -0.2) is 0 Å². The van der Waals surface area contributed by atoms with Crippen LogP contribution in [0, 0.1) is 6.92 Å². The zero-order chi connectivity index (χ0) is 28.2. The third kappa shape index (κ3) is 8.59. The van der Waals surface area contributed by atoms with Crippen LogP contribution in [0.3, 0.4) is 0 Å². The quantitative estimate of drug-likeness (QED) is 0.218. The fraction of sp³-hybridized carbons (Fsp3) is 0.438. The van der Waals surface area contributed by atoms with Gasteiger partial charge < -0.3 is 19.3 Å². The van der Waals surface area contributed by atoms with E-state index in [1.807, 2.05) is 60.4 Å². The number of methoxy groups -OCH3 is 2. The number of amides is 2. The summed E-state index contributed by atoms with van der Waals surface area (Å²) in [4.78, 5) is 33.6. The fourth-order valence-electron chi connectivity index (χ4n) is 4.69. The summed E-state index contributed by atoms with van der Waals surface area (Å²) in [5, 5.41) is 0. The average molecular weight is 551 g/mol. The zero-order valence-electron chi connectivity index (χ0n) is 23.9. The van der Waals surface area contributed by atoms with Gasteiger partial charge in [0.1, 0.15) is 0 Å². The number of rotatable bonds is 15. The summed E-state index contributed by atoms with van der Waals surface area (Å²) in [7, 11) is 3.24. The fourth-order valence-corrected chi connectivity index (χ4v) is 5.59. The van der Waals surface area contributed by atoms with Crippen molar-refractivity contribution in [2.24, 2.45) is 0 Å². The Morgan fingerprint density at radius 1 is 0.897 bits per heavy atom. The van der Waals surface area contributed by atoms with Gasteiger partial charge in [-0.2, -0.15) is 0 Å². The van der Waals surface area contributed by atoms with Gasteiger partial charge in [0, 0.05) is 22.8 Å². The Morgan fingerprint density at radius 2 is 1.64 bits per heavy atom. The maximum atomic E-state index is 13.8. The SMILES string of the molecule is CCCCN(CC(=O)N(CCc1ccc(OC)c(OC)c1)Cc1ccc(C)s1)C(=O)C(CC)c1ccccc1. The molecule has 0 bridgehead atoms.